The Hall–Kier alpha value is -1.49. The maximum Gasteiger partial charge on any atom is 0.257 e. The zero-order chi connectivity index (χ0) is 12.8. The Kier molecular flexibility index (Phi) is 2.55. The Bertz CT molecular complexity index is 619. The number of hydrogen-bond donors (Lipinski definition) is 1. The minimum Gasteiger partial charge on any atom is -0.431 e. The molecule has 98 valence electrons. The van der Waals surface area contributed by atoms with Gasteiger partial charge in [-0.15, -0.1) is 0 Å². The summed E-state index contributed by atoms with van der Waals surface area (Å²) in [4.78, 5) is 4.49. The molecule has 1 N–H and O–H groups in total. The summed E-state index contributed by atoms with van der Waals surface area (Å²) in [6, 6.07) is 7.77. The number of rotatable bonds is 2. The first-order chi connectivity index (χ1) is 9.35. The second-order valence-corrected chi connectivity index (χ2v) is 6.37. The lowest BCUT2D eigenvalue weighted by atomic mass is 9.98. The lowest BCUT2D eigenvalue weighted by Gasteiger charge is -2.20. The number of hydrogen-bond acceptors (Lipinski definition) is 5. The molecule has 2 aliphatic rings. The number of para-hydroxylation sites is 2. The Balaban J connectivity index is 1.64. The van der Waals surface area contributed by atoms with Crippen LogP contribution in [0, 0.1) is 11.8 Å². The molecule has 1 heterocycles. The molecule has 1 aromatic carbocycles. The molecular weight excluding hydrogens is 260 g/mol. The number of oxime groups is 1. The fourth-order valence-electron chi connectivity index (χ4n) is 3.34. The Morgan fingerprint density at radius 1 is 1.32 bits per heavy atom. The lowest BCUT2D eigenvalue weighted by Crippen LogP contribution is -2.24. The van der Waals surface area contributed by atoms with Crippen molar-refractivity contribution in [3.05, 3.63) is 24.3 Å². The molecular formula is C14H14N2O2S. The fraction of sp³-hybridized carbons (Fsp3) is 0.429. The summed E-state index contributed by atoms with van der Waals surface area (Å²) >= 11 is 1.60. The lowest BCUT2D eigenvalue weighted by molar-refractivity contribution is 0.314. The van der Waals surface area contributed by atoms with Gasteiger partial charge in [0.25, 0.3) is 5.22 Å². The van der Waals surface area contributed by atoms with Crippen LogP contribution in [0.1, 0.15) is 19.3 Å². The highest BCUT2D eigenvalue weighted by atomic mass is 32.2. The minimum atomic E-state index is 0.233. The molecule has 2 saturated carbocycles. The summed E-state index contributed by atoms with van der Waals surface area (Å²) in [6.07, 6.45) is 3.54. The van der Waals surface area contributed by atoms with E-state index in [1.165, 1.54) is 6.42 Å². The van der Waals surface area contributed by atoms with Crippen LogP contribution in [-0.4, -0.2) is 21.2 Å². The average Bonchev–Trinajstić information content (AvgIpc) is 3.11. The number of aromatic nitrogens is 1. The topological polar surface area (TPSA) is 58.6 Å². The highest BCUT2D eigenvalue weighted by Crippen LogP contribution is 2.49. The van der Waals surface area contributed by atoms with Crippen molar-refractivity contribution >= 4 is 28.6 Å². The predicted molar refractivity (Wildman–Crippen MR) is 73.7 cm³/mol. The molecule has 1 aromatic heterocycles. The van der Waals surface area contributed by atoms with Crippen LogP contribution in [0.2, 0.25) is 0 Å². The van der Waals surface area contributed by atoms with Crippen LogP contribution in [0.4, 0.5) is 0 Å². The van der Waals surface area contributed by atoms with E-state index in [-0.39, 0.29) is 5.25 Å². The smallest absolute Gasteiger partial charge is 0.257 e. The van der Waals surface area contributed by atoms with Gasteiger partial charge in [-0.1, -0.05) is 29.1 Å². The third kappa shape index (κ3) is 1.75. The van der Waals surface area contributed by atoms with Gasteiger partial charge in [0.05, 0.1) is 11.0 Å². The number of nitrogens with zero attached hydrogens (tertiary/aromatic N) is 2. The maximum absolute atomic E-state index is 9.20. The first-order valence-electron chi connectivity index (χ1n) is 6.59. The second-order valence-electron chi connectivity index (χ2n) is 5.28. The summed E-state index contributed by atoms with van der Waals surface area (Å²) in [5.74, 6) is 1.08. The van der Waals surface area contributed by atoms with E-state index >= 15 is 0 Å². The van der Waals surface area contributed by atoms with Crippen molar-refractivity contribution in [1.29, 1.82) is 0 Å². The van der Waals surface area contributed by atoms with Crippen molar-refractivity contribution in [2.24, 2.45) is 17.0 Å². The Morgan fingerprint density at radius 3 is 3.05 bits per heavy atom. The van der Waals surface area contributed by atoms with Gasteiger partial charge in [0.1, 0.15) is 5.52 Å². The molecule has 3 atom stereocenters. The molecule has 2 aromatic rings. The summed E-state index contributed by atoms with van der Waals surface area (Å²) in [6.45, 7) is 0. The Morgan fingerprint density at radius 2 is 2.21 bits per heavy atom. The molecule has 5 heteroatoms. The quantitative estimate of drug-likeness (QED) is 0.672. The second kappa shape index (κ2) is 4.27. The molecule has 2 bridgehead atoms. The molecule has 2 aliphatic carbocycles. The van der Waals surface area contributed by atoms with Crippen LogP contribution in [-0.2, 0) is 0 Å². The third-order valence-corrected chi connectivity index (χ3v) is 5.49. The van der Waals surface area contributed by atoms with Gasteiger partial charge in [0.2, 0.25) is 0 Å². The van der Waals surface area contributed by atoms with Crippen LogP contribution >= 0.6 is 11.8 Å². The van der Waals surface area contributed by atoms with E-state index < -0.39 is 0 Å². The van der Waals surface area contributed by atoms with Gasteiger partial charge < -0.3 is 9.62 Å². The SMILES string of the molecule is O/N=C1\[C@H]2CC[C@@H](C2)[C@@H]1Sc1nc2ccccc2o1. The van der Waals surface area contributed by atoms with Crippen LogP contribution in [0.3, 0.4) is 0 Å². The van der Waals surface area contributed by atoms with Crippen LogP contribution in [0.25, 0.3) is 11.1 Å². The molecule has 0 radical (unpaired) electrons. The Labute approximate surface area is 114 Å². The maximum atomic E-state index is 9.20. The van der Waals surface area contributed by atoms with Crippen LogP contribution in [0.5, 0.6) is 0 Å². The molecule has 2 fully saturated rings. The summed E-state index contributed by atoms with van der Waals surface area (Å²) in [5.41, 5.74) is 2.63. The molecule has 0 spiro atoms. The zero-order valence-corrected chi connectivity index (χ0v) is 11.1. The van der Waals surface area contributed by atoms with Gasteiger partial charge in [-0.05, 0) is 37.3 Å². The fourth-order valence-corrected chi connectivity index (χ4v) is 4.65. The van der Waals surface area contributed by atoms with Crippen LogP contribution in [0.15, 0.2) is 39.1 Å². The van der Waals surface area contributed by atoms with E-state index in [1.807, 2.05) is 24.3 Å². The molecule has 0 saturated heterocycles. The predicted octanol–water partition coefficient (Wildman–Crippen LogP) is 3.55. The van der Waals surface area contributed by atoms with Gasteiger partial charge in [0.15, 0.2) is 5.58 Å². The molecule has 0 unspecified atom stereocenters. The zero-order valence-electron chi connectivity index (χ0n) is 10.3. The van der Waals surface area contributed by atoms with Crippen molar-refractivity contribution < 1.29 is 9.62 Å². The van der Waals surface area contributed by atoms with Gasteiger partial charge in [-0.2, -0.15) is 0 Å². The summed E-state index contributed by atoms with van der Waals surface area (Å²) in [5, 5.41) is 13.6. The molecule has 4 rings (SSSR count). The standard InChI is InChI=1S/C14H14N2O2S/c17-16-12-8-5-6-9(7-8)13(12)19-14-15-10-3-1-2-4-11(10)18-14/h1-4,8-9,13,17H,5-7H2/b16-12+/t8-,9-,13-/m0/s1. The number of fused-ring (bicyclic) bond motifs is 3. The van der Waals surface area contributed by atoms with Crippen molar-refractivity contribution in [3.8, 4) is 0 Å². The van der Waals surface area contributed by atoms with Crippen molar-refractivity contribution in [2.75, 3.05) is 0 Å². The van der Waals surface area contributed by atoms with Gasteiger partial charge >= 0.3 is 0 Å². The molecule has 4 nitrogen and oxygen atoms in total. The molecule has 19 heavy (non-hydrogen) atoms. The van der Waals surface area contributed by atoms with Gasteiger partial charge in [0, 0.05) is 5.92 Å². The van der Waals surface area contributed by atoms with Crippen LogP contribution < -0.4 is 0 Å². The molecule has 0 aliphatic heterocycles. The van der Waals surface area contributed by atoms with E-state index in [1.54, 1.807) is 11.8 Å². The highest BCUT2D eigenvalue weighted by Gasteiger charge is 2.46. The summed E-state index contributed by atoms with van der Waals surface area (Å²) in [7, 11) is 0. The number of oxazole rings is 1. The first-order valence-corrected chi connectivity index (χ1v) is 7.47. The van der Waals surface area contributed by atoms with E-state index in [4.69, 9.17) is 4.42 Å². The molecule has 0 amide bonds. The van der Waals surface area contributed by atoms with E-state index in [0.29, 0.717) is 17.1 Å². The monoisotopic (exact) mass is 274 g/mol. The normalized spacial score (nSPS) is 31.6. The van der Waals surface area contributed by atoms with E-state index in [2.05, 4.69) is 10.1 Å². The number of benzene rings is 1. The first kappa shape index (κ1) is 11.3. The largest absolute Gasteiger partial charge is 0.431 e. The van der Waals surface area contributed by atoms with E-state index in [0.717, 1.165) is 29.7 Å². The van der Waals surface area contributed by atoms with Gasteiger partial charge in [-0.25, -0.2) is 4.98 Å². The highest BCUT2D eigenvalue weighted by molar-refractivity contribution is 8.00. The van der Waals surface area contributed by atoms with Crippen molar-refractivity contribution in [3.63, 3.8) is 0 Å². The summed E-state index contributed by atoms with van der Waals surface area (Å²) < 4.78 is 5.75. The van der Waals surface area contributed by atoms with E-state index in [9.17, 15) is 5.21 Å². The van der Waals surface area contributed by atoms with Crippen molar-refractivity contribution in [2.45, 2.75) is 29.7 Å². The number of thioether (sulfide) groups is 1. The van der Waals surface area contributed by atoms with Gasteiger partial charge in [-0.3, -0.25) is 0 Å². The minimum absolute atomic E-state index is 0.233. The average molecular weight is 274 g/mol. The third-order valence-electron chi connectivity index (χ3n) is 4.23. The van der Waals surface area contributed by atoms with Crippen molar-refractivity contribution in [1.82, 2.24) is 4.98 Å².